The molecule has 3 rings (SSSR count). The second-order valence-electron chi connectivity index (χ2n) is 5.11. The minimum Gasteiger partial charge on any atom is -0.493 e. The van der Waals surface area contributed by atoms with Crippen molar-refractivity contribution in [2.75, 3.05) is 12.4 Å². The standard InChI is InChI=1S/C17H15F2N3O2/c1-3-12-15(22-8-4-5-14(24-2)16(22)20-12)17(23)21-13-9-10(18)6-7-11(13)19/h4-9H,3H2,1-2H3,(H,21,23). The van der Waals surface area contributed by atoms with Crippen LogP contribution >= 0.6 is 0 Å². The van der Waals surface area contributed by atoms with E-state index in [1.807, 2.05) is 6.92 Å². The number of amides is 1. The molecular weight excluding hydrogens is 316 g/mol. The first-order chi connectivity index (χ1) is 11.5. The topological polar surface area (TPSA) is 55.6 Å². The van der Waals surface area contributed by atoms with Gasteiger partial charge in [-0.05, 0) is 30.7 Å². The van der Waals surface area contributed by atoms with Crippen LogP contribution in [-0.2, 0) is 6.42 Å². The van der Waals surface area contributed by atoms with Crippen LogP contribution in [0.15, 0.2) is 36.5 Å². The number of ether oxygens (including phenoxy) is 1. The van der Waals surface area contributed by atoms with Crippen LogP contribution in [0.3, 0.4) is 0 Å². The van der Waals surface area contributed by atoms with E-state index in [0.717, 1.165) is 18.2 Å². The molecule has 0 aliphatic rings. The van der Waals surface area contributed by atoms with E-state index in [0.29, 0.717) is 23.5 Å². The van der Waals surface area contributed by atoms with Crippen LogP contribution in [0.5, 0.6) is 5.75 Å². The fourth-order valence-corrected chi connectivity index (χ4v) is 2.51. The molecule has 2 heterocycles. The molecule has 7 heteroatoms. The van der Waals surface area contributed by atoms with E-state index in [1.165, 1.54) is 7.11 Å². The van der Waals surface area contributed by atoms with Gasteiger partial charge in [-0.25, -0.2) is 13.8 Å². The summed E-state index contributed by atoms with van der Waals surface area (Å²) >= 11 is 0. The molecule has 5 nitrogen and oxygen atoms in total. The van der Waals surface area contributed by atoms with Gasteiger partial charge in [0.1, 0.15) is 17.3 Å². The van der Waals surface area contributed by atoms with E-state index in [9.17, 15) is 13.6 Å². The Kier molecular flexibility index (Phi) is 4.16. The van der Waals surface area contributed by atoms with Crippen LogP contribution in [0.4, 0.5) is 14.5 Å². The Morgan fingerprint density at radius 1 is 1.33 bits per heavy atom. The summed E-state index contributed by atoms with van der Waals surface area (Å²) in [6.45, 7) is 1.85. The van der Waals surface area contributed by atoms with Gasteiger partial charge in [0.05, 0.1) is 18.5 Å². The van der Waals surface area contributed by atoms with Crippen molar-refractivity contribution in [1.82, 2.24) is 9.38 Å². The van der Waals surface area contributed by atoms with Crippen molar-refractivity contribution in [3.05, 3.63) is 59.6 Å². The number of anilines is 1. The lowest BCUT2D eigenvalue weighted by molar-refractivity contribution is 0.102. The molecule has 124 valence electrons. The smallest absolute Gasteiger partial charge is 0.274 e. The molecule has 1 amide bonds. The van der Waals surface area contributed by atoms with Gasteiger partial charge in [-0.1, -0.05) is 6.92 Å². The maximum absolute atomic E-state index is 13.8. The molecule has 0 aliphatic heterocycles. The van der Waals surface area contributed by atoms with Crippen molar-refractivity contribution >= 4 is 17.2 Å². The van der Waals surface area contributed by atoms with Crippen LogP contribution in [0, 0.1) is 11.6 Å². The average Bonchev–Trinajstić information content (AvgIpc) is 2.96. The predicted molar refractivity (Wildman–Crippen MR) is 85.4 cm³/mol. The second-order valence-corrected chi connectivity index (χ2v) is 5.11. The third kappa shape index (κ3) is 2.68. The monoisotopic (exact) mass is 331 g/mol. The van der Waals surface area contributed by atoms with Crippen molar-refractivity contribution in [3.8, 4) is 5.75 Å². The fraction of sp³-hybridized carbons (Fsp3) is 0.176. The summed E-state index contributed by atoms with van der Waals surface area (Å²) in [5, 5.41) is 2.40. The van der Waals surface area contributed by atoms with Crippen LogP contribution in [-0.4, -0.2) is 22.4 Å². The number of pyridine rings is 1. The number of methoxy groups -OCH3 is 1. The third-order valence-electron chi connectivity index (χ3n) is 3.63. The molecule has 0 atom stereocenters. The first-order valence-corrected chi connectivity index (χ1v) is 7.35. The molecule has 0 radical (unpaired) electrons. The highest BCUT2D eigenvalue weighted by molar-refractivity contribution is 6.04. The van der Waals surface area contributed by atoms with E-state index >= 15 is 0 Å². The maximum Gasteiger partial charge on any atom is 0.274 e. The number of imidazole rings is 1. The Hall–Kier alpha value is -2.96. The summed E-state index contributed by atoms with van der Waals surface area (Å²) in [6, 6.07) is 6.33. The quantitative estimate of drug-likeness (QED) is 0.797. The number of fused-ring (bicyclic) bond motifs is 1. The molecule has 3 aromatic rings. The van der Waals surface area contributed by atoms with Crippen LogP contribution < -0.4 is 10.1 Å². The molecule has 0 saturated carbocycles. The molecule has 24 heavy (non-hydrogen) atoms. The van der Waals surface area contributed by atoms with Gasteiger partial charge >= 0.3 is 0 Å². The lowest BCUT2D eigenvalue weighted by Crippen LogP contribution is -2.17. The number of carbonyl (C=O) groups is 1. The largest absolute Gasteiger partial charge is 0.493 e. The van der Waals surface area contributed by atoms with E-state index in [4.69, 9.17) is 4.74 Å². The van der Waals surface area contributed by atoms with Gasteiger partial charge in [0.15, 0.2) is 11.4 Å². The van der Waals surface area contributed by atoms with E-state index in [-0.39, 0.29) is 11.4 Å². The molecule has 0 spiro atoms. The average molecular weight is 331 g/mol. The van der Waals surface area contributed by atoms with Crippen LogP contribution in [0.1, 0.15) is 23.1 Å². The highest BCUT2D eigenvalue weighted by atomic mass is 19.1. The molecule has 1 aromatic carbocycles. The Morgan fingerprint density at radius 3 is 2.83 bits per heavy atom. The highest BCUT2D eigenvalue weighted by Crippen LogP contribution is 2.24. The van der Waals surface area contributed by atoms with Gasteiger partial charge in [-0.2, -0.15) is 0 Å². The number of aryl methyl sites for hydroxylation is 1. The summed E-state index contributed by atoms with van der Waals surface area (Å²) in [4.78, 5) is 17.0. The van der Waals surface area contributed by atoms with Crippen molar-refractivity contribution in [2.24, 2.45) is 0 Å². The molecule has 0 aliphatic carbocycles. The van der Waals surface area contributed by atoms with Crippen LogP contribution in [0.25, 0.3) is 5.65 Å². The van der Waals surface area contributed by atoms with Crippen molar-refractivity contribution in [2.45, 2.75) is 13.3 Å². The second kappa shape index (κ2) is 6.27. The minimum absolute atomic E-state index is 0.222. The number of rotatable bonds is 4. The number of benzene rings is 1. The number of aromatic nitrogens is 2. The van der Waals surface area contributed by atoms with Crippen molar-refractivity contribution < 1.29 is 18.3 Å². The maximum atomic E-state index is 13.8. The number of nitrogens with zero attached hydrogens (tertiary/aromatic N) is 2. The van der Waals surface area contributed by atoms with E-state index < -0.39 is 17.5 Å². The zero-order valence-electron chi connectivity index (χ0n) is 13.1. The van der Waals surface area contributed by atoms with Gasteiger partial charge < -0.3 is 10.1 Å². The first kappa shape index (κ1) is 15.9. The molecule has 0 unspecified atom stereocenters. The SMILES string of the molecule is CCc1nc2c(OC)cccn2c1C(=O)Nc1cc(F)ccc1F. The van der Waals surface area contributed by atoms with Crippen LogP contribution in [0.2, 0.25) is 0 Å². The summed E-state index contributed by atoms with van der Waals surface area (Å²) in [5.41, 5.74) is 1.06. The number of halogens is 2. The lowest BCUT2D eigenvalue weighted by atomic mass is 10.2. The van der Waals surface area contributed by atoms with E-state index in [2.05, 4.69) is 10.3 Å². The number of hydrogen-bond donors (Lipinski definition) is 1. The summed E-state index contributed by atoms with van der Waals surface area (Å²) in [6.07, 6.45) is 2.17. The Morgan fingerprint density at radius 2 is 2.12 bits per heavy atom. The fourth-order valence-electron chi connectivity index (χ4n) is 2.51. The Labute approximate surface area is 136 Å². The summed E-state index contributed by atoms with van der Waals surface area (Å²) < 4.78 is 33.9. The number of hydrogen-bond acceptors (Lipinski definition) is 3. The van der Waals surface area contributed by atoms with E-state index in [1.54, 1.807) is 22.7 Å². The molecule has 0 fully saturated rings. The van der Waals surface area contributed by atoms with Crippen molar-refractivity contribution in [3.63, 3.8) is 0 Å². The van der Waals surface area contributed by atoms with Gasteiger partial charge in [0, 0.05) is 12.3 Å². The minimum atomic E-state index is -0.714. The lowest BCUT2D eigenvalue weighted by Gasteiger charge is -2.08. The van der Waals surface area contributed by atoms with Gasteiger partial charge in [0.25, 0.3) is 5.91 Å². The molecular formula is C17H15F2N3O2. The normalized spacial score (nSPS) is 10.8. The Bertz CT molecular complexity index is 922. The molecule has 0 bridgehead atoms. The molecule has 2 aromatic heterocycles. The zero-order valence-corrected chi connectivity index (χ0v) is 13.1. The van der Waals surface area contributed by atoms with Gasteiger partial charge in [-0.15, -0.1) is 0 Å². The summed E-state index contributed by atoms with van der Waals surface area (Å²) in [5.74, 6) is -1.41. The predicted octanol–water partition coefficient (Wildman–Crippen LogP) is 3.44. The number of carbonyl (C=O) groups excluding carboxylic acids is 1. The van der Waals surface area contributed by atoms with Crippen molar-refractivity contribution in [1.29, 1.82) is 0 Å². The van der Waals surface area contributed by atoms with Gasteiger partial charge in [-0.3, -0.25) is 9.20 Å². The Balaban J connectivity index is 2.08. The highest BCUT2D eigenvalue weighted by Gasteiger charge is 2.21. The number of nitrogens with one attached hydrogen (secondary N) is 1. The molecule has 0 saturated heterocycles. The van der Waals surface area contributed by atoms with Gasteiger partial charge in [0.2, 0.25) is 0 Å². The summed E-state index contributed by atoms with van der Waals surface area (Å²) in [7, 11) is 1.51. The zero-order chi connectivity index (χ0) is 17.3. The third-order valence-corrected chi connectivity index (χ3v) is 3.63. The first-order valence-electron chi connectivity index (χ1n) is 7.35. The molecule has 1 N–H and O–H groups in total.